The van der Waals surface area contributed by atoms with Gasteiger partial charge >= 0.3 is 0 Å². The molecule has 8 rings (SSSR count). The zero-order valence-electron chi connectivity index (χ0n) is 37.6. The largest absolute Gasteiger partial charge is 0.289 e. The van der Waals surface area contributed by atoms with Crippen LogP contribution in [0.2, 0.25) is 0 Å². The van der Waals surface area contributed by atoms with E-state index in [1.807, 2.05) is 24.3 Å². The Morgan fingerprint density at radius 1 is 0.828 bits per heavy atom. The van der Waals surface area contributed by atoms with Crippen LogP contribution in [-0.2, 0) is 12.8 Å². The van der Waals surface area contributed by atoms with Crippen molar-refractivity contribution in [2.75, 3.05) is 0 Å². The van der Waals surface area contributed by atoms with Gasteiger partial charge in [-0.3, -0.25) is 4.79 Å². The molecule has 0 amide bonds. The van der Waals surface area contributed by atoms with E-state index in [-0.39, 0.29) is 29.0 Å². The maximum atomic E-state index is 15.8. The molecular formula is C57H55FN2OS3. The fourth-order valence-electron chi connectivity index (χ4n) is 9.90. The summed E-state index contributed by atoms with van der Waals surface area (Å²) < 4.78 is 15.8. The number of carbonyl (C=O) groups is 1. The lowest BCUT2D eigenvalue weighted by molar-refractivity contribution is 0.104. The standard InChI is InChI=1S/C57H55FN2OS3/c1-7-10-12-13-20-38-21-17-23-40(27-38)51(39-22-16-18-34(4)26-39)53-46-30-42(29-45-52(41(32-59)33-60)43-24-14-15-25-44(43)54(45)61)62-56(46)57-50(53)36(6)55(64-57)35(5)48-31-47(58)49(63-48)28-37(9-3)19-11-8-2/h14-18,21-27,29-31,37,51,53H,5,7-13,19-20,28H2,1-4,6H3/b45-29-/t37?,51?,53-/m1/s1. The van der Waals surface area contributed by atoms with E-state index in [4.69, 9.17) is 0 Å². The van der Waals surface area contributed by atoms with Gasteiger partial charge in [0.05, 0.1) is 0 Å². The first-order valence-electron chi connectivity index (χ1n) is 22.9. The second kappa shape index (κ2) is 19.7. The average molecular weight is 899 g/mol. The van der Waals surface area contributed by atoms with Crippen molar-refractivity contribution in [2.24, 2.45) is 5.92 Å². The van der Waals surface area contributed by atoms with Crippen LogP contribution in [0.1, 0.15) is 158 Å². The molecule has 0 saturated heterocycles. The van der Waals surface area contributed by atoms with Crippen LogP contribution in [0.25, 0.3) is 27.0 Å². The molecule has 7 heteroatoms. The molecule has 3 aromatic carbocycles. The van der Waals surface area contributed by atoms with Crippen molar-refractivity contribution in [2.45, 2.75) is 111 Å². The van der Waals surface area contributed by atoms with Crippen LogP contribution in [-0.4, -0.2) is 5.78 Å². The van der Waals surface area contributed by atoms with Gasteiger partial charge in [0, 0.05) is 63.4 Å². The smallest absolute Gasteiger partial charge is 0.194 e. The Balaban J connectivity index is 1.29. The Hall–Kier alpha value is -5.44. The summed E-state index contributed by atoms with van der Waals surface area (Å²) >= 11 is 4.95. The average Bonchev–Trinajstić information content (AvgIpc) is 4.10. The molecule has 3 nitrogen and oxygen atoms in total. The number of rotatable bonds is 17. The summed E-state index contributed by atoms with van der Waals surface area (Å²) in [5.41, 5.74) is 11.4. The van der Waals surface area contributed by atoms with Crippen LogP contribution in [0.5, 0.6) is 0 Å². The number of unbranched alkanes of at least 4 members (excludes halogenated alkanes) is 4. The lowest BCUT2D eigenvalue weighted by Crippen LogP contribution is -2.13. The normalized spacial score (nSPS) is 15.4. The number of hydrogen-bond donors (Lipinski definition) is 0. The first kappa shape index (κ1) is 45.1. The first-order chi connectivity index (χ1) is 31.1. The minimum atomic E-state index is -0.184. The molecule has 3 heterocycles. The fourth-order valence-corrected chi connectivity index (χ4v) is 13.8. The lowest BCUT2D eigenvalue weighted by Gasteiger charge is -2.28. The Kier molecular flexibility index (Phi) is 13.9. The number of allylic oxidation sites excluding steroid dienone is 3. The molecule has 0 radical (unpaired) electrons. The monoisotopic (exact) mass is 898 g/mol. The third kappa shape index (κ3) is 8.71. The van der Waals surface area contributed by atoms with Gasteiger partial charge in [0.2, 0.25) is 0 Å². The van der Waals surface area contributed by atoms with E-state index in [0.717, 1.165) is 74.9 Å². The van der Waals surface area contributed by atoms with Crippen molar-refractivity contribution >= 4 is 57.0 Å². The fraction of sp³-hybridized carbons (Fsp3) is 0.316. The topological polar surface area (TPSA) is 64.7 Å². The number of hydrogen-bond acceptors (Lipinski definition) is 6. The number of nitriles is 2. The molecule has 2 aliphatic rings. The number of halogens is 1. The Labute approximate surface area is 391 Å². The van der Waals surface area contributed by atoms with Crippen LogP contribution >= 0.6 is 34.0 Å². The van der Waals surface area contributed by atoms with E-state index in [1.165, 1.54) is 63.1 Å². The van der Waals surface area contributed by atoms with E-state index in [0.29, 0.717) is 28.2 Å². The van der Waals surface area contributed by atoms with Gasteiger partial charge in [0.1, 0.15) is 23.5 Å². The highest BCUT2D eigenvalue weighted by Crippen LogP contribution is 2.61. The molecule has 0 spiro atoms. The molecule has 6 aromatic rings. The van der Waals surface area contributed by atoms with E-state index >= 15 is 4.39 Å². The number of benzene rings is 3. The van der Waals surface area contributed by atoms with Crippen LogP contribution in [0.4, 0.5) is 4.39 Å². The molecule has 0 bridgehead atoms. The van der Waals surface area contributed by atoms with E-state index in [2.05, 4.69) is 108 Å². The number of nitrogens with zero attached hydrogens (tertiary/aromatic N) is 2. The van der Waals surface area contributed by atoms with Gasteiger partial charge in [-0.05, 0) is 96.2 Å². The van der Waals surface area contributed by atoms with Crippen molar-refractivity contribution in [3.05, 3.63) is 178 Å². The predicted octanol–water partition coefficient (Wildman–Crippen LogP) is 16.6. The van der Waals surface area contributed by atoms with Crippen molar-refractivity contribution in [1.82, 2.24) is 0 Å². The van der Waals surface area contributed by atoms with Crippen LogP contribution in [0.15, 0.2) is 103 Å². The highest BCUT2D eigenvalue weighted by atomic mass is 32.1. The Bertz CT molecular complexity index is 2890. The second-order valence-corrected chi connectivity index (χ2v) is 20.8. The molecule has 2 unspecified atom stereocenters. The minimum Gasteiger partial charge on any atom is -0.289 e. The number of fused-ring (bicyclic) bond motifs is 4. The first-order valence-corrected chi connectivity index (χ1v) is 25.4. The summed E-state index contributed by atoms with van der Waals surface area (Å²) in [6, 6.07) is 33.4. The molecule has 324 valence electrons. The van der Waals surface area contributed by atoms with Gasteiger partial charge in [-0.1, -0.05) is 151 Å². The summed E-state index contributed by atoms with van der Waals surface area (Å²) in [7, 11) is 0. The van der Waals surface area contributed by atoms with Crippen molar-refractivity contribution in [1.29, 1.82) is 10.5 Å². The molecule has 64 heavy (non-hydrogen) atoms. The van der Waals surface area contributed by atoms with Gasteiger partial charge in [-0.2, -0.15) is 10.5 Å². The van der Waals surface area contributed by atoms with Crippen molar-refractivity contribution < 1.29 is 9.18 Å². The van der Waals surface area contributed by atoms with Gasteiger partial charge < -0.3 is 0 Å². The van der Waals surface area contributed by atoms with Crippen LogP contribution in [0.3, 0.4) is 0 Å². The summed E-state index contributed by atoms with van der Waals surface area (Å²) in [6.07, 6.45) is 12.9. The van der Waals surface area contributed by atoms with Gasteiger partial charge in [-0.25, -0.2) is 4.39 Å². The van der Waals surface area contributed by atoms with Crippen molar-refractivity contribution in [3.8, 4) is 21.9 Å². The minimum absolute atomic E-state index is 0.0310. The van der Waals surface area contributed by atoms with E-state index in [9.17, 15) is 15.3 Å². The van der Waals surface area contributed by atoms with Crippen LogP contribution in [0, 0.1) is 48.2 Å². The molecule has 3 atom stereocenters. The Morgan fingerprint density at radius 3 is 2.28 bits per heavy atom. The molecule has 0 aliphatic heterocycles. The second-order valence-electron chi connectivity index (χ2n) is 17.5. The number of thiophene rings is 3. The number of ketones is 1. The van der Waals surface area contributed by atoms with Gasteiger partial charge in [0.15, 0.2) is 5.78 Å². The van der Waals surface area contributed by atoms with Crippen LogP contribution < -0.4 is 0 Å². The molecule has 3 aromatic heterocycles. The zero-order valence-corrected chi connectivity index (χ0v) is 40.0. The van der Waals surface area contributed by atoms with E-state index in [1.54, 1.807) is 46.1 Å². The van der Waals surface area contributed by atoms with Gasteiger partial charge in [-0.15, -0.1) is 34.0 Å². The Morgan fingerprint density at radius 2 is 1.56 bits per heavy atom. The highest BCUT2D eigenvalue weighted by Gasteiger charge is 2.42. The number of Topliss-reactive ketones (excluding diaryl/α,β-unsaturated/α-hetero) is 1. The predicted molar refractivity (Wildman–Crippen MR) is 268 cm³/mol. The maximum absolute atomic E-state index is 15.8. The number of carbonyl (C=O) groups excluding carboxylic acids is 1. The molecule has 0 fully saturated rings. The summed E-state index contributed by atoms with van der Waals surface area (Å²) in [5.74, 6) is 0.0517. The van der Waals surface area contributed by atoms with E-state index < -0.39 is 0 Å². The zero-order chi connectivity index (χ0) is 45.1. The summed E-state index contributed by atoms with van der Waals surface area (Å²) in [4.78, 5) is 20.1. The highest BCUT2D eigenvalue weighted by molar-refractivity contribution is 7.24. The SMILES string of the molecule is C=C(c1cc(F)c(CC(CC)CCCC)s1)c1sc2c(c1C)[C@H](C(c1cccc(C)c1)c1cccc(CCCCCC)c1)c1cc(/C=C3\C(=O)c4ccccc4C3=C(C#N)C#N)sc1-2. The molecular weight excluding hydrogens is 844 g/mol. The number of aryl methyl sites for hydroxylation is 2. The molecule has 2 aliphatic carbocycles. The van der Waals surface area contributed by atoms with Gasteiger partial charge in [0.25, 0.3) is 0 Å². The lowest BCUT2D eigenvalue weighted by atomic mass is 9.75. The third-order valence-corrected chi connectivity index (χ3v) is 17.1. The molecule has 0 saturated carbocycles. The van der Waals surface area contributed by atoms with Crippen molar-refractivity contribution in [3.63, 3.8) is 0 Å². The third-order valence-electron chi connectivity index (χ3n) is 13.3. The summed E-state index contributed by atoms with van der Waals surface area (Å²) in [5, 5.41) is 20.1. The molecule has 0 N–H and O–H groups in total. The quantitative estimate of drug-likeness (QED) is 0.0520. The maximum Gasteiger partial charge on any atom is 0.194 e. The summed E-state index contributed by atoms with van der Waals surface area (Å²) in [6.45, 7) is 15.7.